The van der Waals surface area contributed by atoms with E-state index >= 15 is 0 Å². The molecule has 102 valence electrons. The van der Waals surface area contributed by atoms with Gasteiger partial charge in [0.2, 0.25) is 5.78 Å². The van der Waals surface area contributed by atoms with E-state index in [0.29, 0.717) is 23.7 Å². The summed E-state index contributed by atoms with van der Waals surface area (Å²) < 4.78 is 11.0. The number of para-hydroxylation sites is 1. The van der Waals surface area contributed by atoms with Crippen molar-refractivity contribution in [3.05, 3.63) is 54.1 Å². The molecule has 0 aliphatic heterocycles. The molecule has 2 aromatic rings. The van der Waals surface area contributed by atoms with E-state index in [4.69, 9.17) is 14.9 Å². The summed E-state index contributed by atoms with van der Waals surface area (Å²) in [7, 11) is 0. The van der Waals surface area contributed by atoms with Gasteiger partial charge < -0.3 is 14.9 Å². The molecule has 0 aromatic heterocycles. The maximum atomic E-state index is 11.6. The Balaban J connectivity index is 2.21. The van der Waals surface area contributed by atoms with E-state index in [0.717, 1.165) is 12.0 Å². The molecule has 2 aromatic carbocycles. The van der Waals surface area contributed by atoms with Crippen LogP contribution in [0, 0.1) is 5.41 Å². The van der Waals surface area contributed by atoms with Crippen molar-refractivity contribution in [1.82, 2.24) is 0 Å². The third-order valence-electron chi connectivity index (χ3n) is 2.65. The van der Waals surface area contributed by atoms with E-state index in [2.05, 4.69) is 0 Å². The van der Waals surface area contributed by atoms with Crippen molar-refractivity contribution in [1.29, 1.82) is 5.41 Å². The lowest BCUT2D eigenvalue weighted by Gasteiger charge is -2.10. The number of hydrogen-bond acceptors (Lipinski definition) is 4. The van der Waals surface area contributed by atoms with Crippen LogP contribution in [0.4, 0.5) is 0 Å². The van der Waals surface area contributed by atoms with Crippen molar-refractivity contribution in [2.24, 2.45) is 0 Å². The maximum absolute atomic E-state index is 11.6. The Bertz CT molecular complexity index is 605. The quantitative estimate of drug-likeness (QED) is 0.642. The zero-order chi connectivity index (χ0) is 14.4. The summed E-state index contributed by atoms with van der Waals surface area (Å²) in [6.07, 6.45) is 0.778. The van der Waals surface area contributed by atoms with Crippen LogP contribution in [0.15, 0.2) is 48.5 Å². The minimum absolute atomic E-state index is 0.372. The van der Waals surface area contributed by atoms with Gasteiger partial charge in [-0.1, -0.05) is 12.1 Å². The summed E-state index contributed by atoms with van der Waals surface area (Å²) in [4.78, 5) is 11.6. The van der Waals surface area contributed by atoms with Crippen LogP contribution in [0.1, 0.15) is 17.3 Å². The highest BCUT2D eigenvalue weighted by atomic mass is 16.5. The number of carbonyl (C=O) groups is 1. The second-order valence-electron chi connectivity index (χ2n) is 4.01. The molecule has 0 unspecified atom stereocenters. The Morgan fingerprint density at radius 2 is 1.75 bits per heavy atom. The van der Waals surface area contributed by atoms with Gasteiger partial charge >= 0.3 is 0 Å². The fourth-order valence-corrected chi connectivity index (χ4v) is 1.73. The molecule has 0 aliphatic carbocycles. The molecular weight excluding hydrogens is 254 g/mol. The van der Waals surface area contributed by atoms with Crippen molar-refractivity contribution in [3.8, 4) is 17.2 Å². The fourth-order valence-electron chi connectivity index (χ4n) is 1.73. The topological polar surface area (TPSA) is 59.4 Å². The Morgan fingerprint density at radius 1 is 1.10 bits per heavy atom. The third kappa shape index (κ3) is 3.23. The lowest BCUT2D eigenvalue weighted by atomic mass is 10.1. The summed E-state index contributed by atoms with van der Waals surface area (Å²) in [5.41, 5.74) is 0.372. The molecular formula is C16H15NO3. The van der Waals surface area contributed by atoms with E-state index in [1.807, 2.05) is 6.92 Å². The SMILES string of the molecule is CCOc1ccc(Oc2ccccc2C(=O)C=N)cc1. The fraction of sp³-hybridized carbons (Fsp3) is 0.125. The van der Waals surface area contributed by atoms with Crippen molar-refractivity contribution >= 4 is 12.0 Å². The molecule has 20 heavy (non-hydrogen) atoms. The van der Waals surface area contributed by atoms with Crippen LogP contribution in [0.5, 0.6) is 17.2 Å². The predicted molar refractivity (Wildman–Crippen MR) is 77.2 cm³/mol. The van der Waals surface area contributed by atoms with Gasteiger partial charge in [0.25, 0.3) is 0 Å². The molecule has 4 nitrogen and oxygen atoms in total. The lowest BCUT2D eigenvalue weighted by Crippen LogP contribution is -2.01. The van der Waals surface area contributed by atoms with Gasteiger partial charge in [0, 0.05) is 0 Å². The Hall–Kier alpha value is -2.62. The molecule has 0 bridgehead atoms. The summed E-state index contributed by atoms with van der Waals surface area (Å²) in [5, 5.41) is 7.05. The summed E-state index contributed by atoms with van der Waals surface area (Å²) >= 11 is 0. The molecule has 0 atom stereocenters. The number of ketones is 1. The first-order valence-electron chi connectivity index (χ1n) is 6.29. The second kappa shape index (κ2) is 6.52. The van der Waals surface area contributed by atoms with Crippen LogP contribution in [-0.2, 0) is 0 Å². The lowest BCUT2D eigenvalue weighted by molar-refractivity contribution is 0.106. The Labute approximate surface area is 117 Å². The average molecular weight is 269 g/mol. The number of benzene rings is 2. The highest BCUT2D eigenvalue weighted by Crippen LogP contribution is 2.26. The molecule has 4 heteroatoms. The first-order chi connectivity index (χ1) is 9.74. The van der Waals surface area contributed by atoms with Gasteiger partial charge in [0.05, 0.1) is 18.4 Å². The minimum Gasteiger partial charge on any atom is -0.494 e. The predicted octanol–water partition coefficient (Wildman–Crippen LogP) is 3.71. The van der Waals surface area contributed by atoms with Gasteiger partial charge in [-0.15, -0.1) is 0 Å². The van der Waals surface area contributed by atoms with Crippen LogP contribution >= 0.6 is 0 Å². The number of hydrogen-bond donors (Lipinski definition) is 1. The Kier molecular flexibility index (Phi) is 4.50. The smallest absolute Gasteiger partial charge is 0.207 e. The number of Topliss-reactive ketones (excluding diaryl/α,β-unsaturated/α-hetero) is 1. The molecule has 0 saturated carbocycles. The third-order valence-corrected chi connectivity index (χ3v) is 2.65. The summed E-state index contributed by atoms with van der Waals surface area (Å²) in [6.45, 7) is 2.53. The van der Waals surface area contributed by atoms with E-state index in [1.165, 1.54) is 0 Å². The molecule has 2 rings (SSSR count). The van der Waals surface area contributed by atoms with Crippen LogP contribution in [-0.4, -0.2) is 18.6 Å². The van der Waals surface area contributed by atoms with E-state index in [1.54, 1.807) is 48.5 Å². The van der Waals surface area contributed by atoms with Crippen molar-refractivity contribution in [2.75, 3.05) is 6.61 Å². The largest absolute Gasteiger partial charge is 0.494 e. The zero-order valence-corrected chi connectivity index (χ0v) is 11.1. The van der Waals surface area contributed by atoms with Gasteiger partial charge in [-0.25, -0.2) is 0 Å². The molecule has 0 spiro atoms. The van der Waals surface area contributed by atoms with Gasteiger partial charge in [0.1, 0.15) is 17.2 Å². The van der Waals surface area contributed by atoms with Crippen molar-refractivity contribution in [3.63, 3.8) is 0 Å². The van der Waals surface area contributed by atoms with Crippen LogP contribution < -0.4 is 9.47 Å². The van der Waals surface area contributed by atoms with E-state index < -0.39 is 0 Å². The molecule has 0 amide bonds. The van der Waals surface area contributed by atoms with Gasteiger partial charge in [0.15, 0.2) is 0 Å². The van der Waals surface area contributed by atoms with E-state index in [9.17, 15) is 4.79 Å². The van der Waals surface area contributed by atoms with Gasteiger partial charge in [-0.3, -0.25) is 4.79 Å². The van der Waals surface area contributed by atoms with Gasteiger partial charge in [-0.2, -0.15) is 0 Å². The minimum atomic E-state index is -0.383. The summed E-state index contributed by atoms with van der Waals surface area (Å²) in [6, 6.07) is 14.0. The highest BCUT2D eigenvalue weighted by Gasteiger charge is 2.10. The number of ether oxygens (including phenoxy) is 2. The second-order valence-corrected chi connectivity index (χ2v) is 4.01. The Morgan fingerprint density at radius 3 is 2.40 bits per heavy atom. The molecule has 0 heterocycles. The molecule has 0 fully saturated rings. The van der Waals surface area contributed by atoms with Crippen LogP contribution in [0.2, 0.25) is 0 Å². The highest BCUT2D eigenvalue weighted by molar-refractivity contribution is 6.35. The zero-order valence-electron chi connectivity index (χ0n) is 11.1. The number of nitrogens with one attached hydrogen (secondary N) is 1. The van der Waals surface area contributed by atoms with Crippen LogP contribution in [0.25, 0.3) is 0 Å². The standard InChI is InChI=1S/C16H15NO3/c1-2-19-12-7-9-13(10-8-12)20-16-6-4-3-5-14(16)15(18)11-17/h3-11,17H,2H2,1H3. The number of rotatable bonds is 6. The maximum Gasteiger partial charge on any atom is 0.207 e. The molecule has 1 N–H and O–H groups in total. The van der Waals surface area contributed by atoms with Crippen molar-refractivity contribution < 1.29 is 14.3 Å². The van der Waals surface area contributed by atoms with Crippen molar-refractivity contribution in [2.45, 2.75) is 6.92 Å². The summed E-state index contributed by atoms with van der Waals surface area (Å²) in [5.74, 6) is 1.43. The first-order valence-corrected chi connectivity index (χ1v) is 6.29. The normalized spacial score (nSPS) is 9.85. The number of carbonyl (C=O) groups excluding carboxylic acids is 1. The molecule has 0 saturated heterocycles. The monoisotopic (exact) mass is 269 g/mol. The van der Waals surface area contributed by atoms with Gasteiger partial charge in [-0.05, 0) is 43.3 Å². The van der Waals surface area contributed by atoms with E-state index in [-0.39, 0.29) is 5.78 Å². The molecule has 0 radical (unpaired) electrons. The first kappa shape index (κ1) is 13.8. The average Bonchev–Trinajstić information content (AvgIpc) is 2.49. The molecule has 0 aliphatic rings. The van der Waals surface area contributed by atoms with Crippen LogP contribution in [0.3, 0.4) is 0 Å².